The van der Waals surface area contributed by atoms with Gasteiger partial charge in [-0.2, -0.15) is 0 Å². The van der Waals surface area contributed by atoms with Gasteiger partial charge in [0, 0.05) is 15.7 Å². The van der Waals surface area contributed by atoms with Crippen molar-refractivity contribution in [2.24, 2.45) is 10.9 Å². The summed E-state index contributed by atoms with van der Waals surface area (Å²) < 4.78 is 0.755. The van der Waals surface area contributed by atoms with E-state index in [-0.39, 0.29) is 11.7 Å². The maximum atomic E-state index is 12.2. The first kappa shape index (κ1) is 14.5. The van der Waals surface area contributed by atoms with Crippen molar-refractivity contribution in [3.63, 3.8) is 0 Å². The van der Waals surface area contributed by atoms with Gasteiger partial charge < -0.3 is 16.3 Å². The molecule has 1 aromatic heterocycles. The van der Waals surface area contributed by atoms with Crippen LogP contribution in [0.5, 0.6) is 0 Å². The molecule has 0 fully saturated rings. The molecule has 7 heteroatoms. The molecule has 4 N–H and O–H groups in total. The van der Waals surface area contributed by atoms with Gasteiger partial charge in [-0.05, 0) is 45.9 Å². The number of amidine groups is 1. The number of nitrogens with one attached hydrogen (secondary N) is 1. The van der Waals surface area contributed by atoms with Crippen LogP contribution < -0.4 is 11.1 Å². The Morgan fingerprint density at radius 1 is 1.45 bits per heavy atom. The van der Waals surface area contributed by atoms with Crippen LogP contribution >= 0.6 is 27.3 Å². The first-order chi connectivity index (χ1) is 9.52. The lowest BCUT2D eigenvalue weighted by atomic mass is 10.1. The standard InChI is InChI=1S/C13H12BrN3O2S/c1-7-2-3-8(12(15)17-19)6-10(7)16-13(18)11-9(14)4-5-20-11/h2-6,19H,1H3,(H2,15,17)(H,16,18). The van der Waals surface area contributed by atoms with Crippen LogP contribution in [0.1, 0.15) is 20.8 Å². The van der Waals surface area contributed by atoms with Gasteiger partial charge in [0.2, 0.25) is 0 Å². The Morgan fingerprint density at radius 2 is 2.20 bits per heavy atom. The van der Waals surface area contributed by atoms with Crippen LogP contribution in [0, 0.1) is 6.92 Å². The highest BCUT2D eigenvalue weighted by molar-refractivity contribution is 9.10. The summed E-state index contributed by atoms with van der Waals surface area (Å²) in [6.07, 6.45) is 0. The maximum Gasteiger partial charge on any atom is 0.266 e. The Balaban J connectivity index is 2.29. The van der Waals surface area contributed by atoms with Crippen molar-refractivity contribution in [1.29, 1.82) is 0 Å². The van der Waals surface area contributed by atoms with Crippen LogP contribution in [-0.2, 0) is 0 Å². The molecular weight excluding hydrogens is 342 g/mol. The van der Waals surface area contributed by atoms with E-state index in [2.05, 4.69) is 26.4 Å². The molecule has 0 aliphatic carbocycles. The Hall–Kier alpha value is -1.86. The number of thiophene rings is 1. The second kappa shape index (κ2) is 6.06. The summed E-state index contributed by atoms with van der Waals surface area (Å²) in [5, 5.41) is 16.3. The van der Waals surface area contributed by atoms with Gasteiger partial charge in [-0.25, -0.2) is 0 Å². The summed E-state index contributed by atoms with van der Waals surface area (Å²) >= 11 is 4.68. The Bertz CT molecular complexity index is 682. The van der Waals surface area contributed by atoms with Crippen molar-refractivity contribution in [2.75, 3.05) is 5.32 Å². The molecule has 2 aromatic rings. The van der Waals surface area contributed by atoms with Crippen molar-refractivity contribution >= 4 is 44.7 Å². The molecule has 0 spiro atoms. The van der Waals surface area contributed by atoms with E-state index in [1.165, 1.54) is 11.3 Å². The number of anilines is 1. The van der Waals surface area contributed by atoms with Crippen molar-refractivity contribution in [3.05, 3.63) is 50.1 Å². The average Bonchev–Trinajstić information content (AvgIpc) is 2.86. The summed E-state index contributed by atoms with van der Waals surface area (Å²) in [5.41, 5.74) is 7.60. The Labute approximate surface area is 128 Å². The van der Waals surface area contributed by atoms with Gasteiger partial charge in [0.1, 0.15) is 4.88 Å². The second-order valence-corrected chi connectivity index (χ2v) is 5.84. The third-order valence-electron chi connectivity index (χ3n) is 2.71. The molecule has 1 aromatic carbocycles. The molecule has 0 saturated carbocycles. The number of rotatable bonds is 3. The molecule has 5 nitrogen and oxygen atoms in total. The molecule has 0 atom stereocenters. The van der Waals surface area contributed by atoms with E-state index in [0.29, 0.717) is 16.1 Å². The van der Waals surface area contributed by atoms with Crippen LogP contribution in [0.4, 0.5) is 5.69 Å². The lowest BCUT2D eigenvalue weighted by Crippen LogP contribution is -2.15. The Morgan fingerprint density at radius 3 is 2.80 bits per heavy atom. The van der Waals surface area contributed by atoms with Crippen LogP contribution in [0.3, 0.4) is 0 Å². The summed E-state index contributed by atoms with van der Waals surface area (Å²) in [7, 11) is 0. The number of aryl methyl sites for hydroxylation is 1. The zero-order valence-corrected chi connectivity index (χ0v) is 13.0. The fraction of sp³-hybridized carbons (Fsp3) is 0.0769. The molecule has 1 amide bonds. The number of halogens is 1. The molecule has 2 rings (SSSR count). The van der Waals surface area contributed by atoms with Gasteiger partial charge in [0.25, 0.3) is 5.91 Å². The highest BCUT2D eigenvalue weighted by Gasteiger charge is 2.13. The number of carbonyl (C=O) groups excluding carboxylic acids is 1. The number of amides is 1. The summed E-state index contributed by atoms with van der Waals surface area (Å²) in [5.74, 6) is -0.204. The molecular formula is C13H12BrN3O2S. The van der Waals surface area contributed by atoms with Crippen molar-refractivity contribution in [1.82, 2.24) is 0 Å². The van der Waals surface area contributed by atoms with E-state index in [1.54, 1.807) is 18.2 Å². The third kappa shape index (κ3) is 3.00. The number of nitrogens with zero attached hydrogens (tertiary/aromatic N) is 1. The van der Waals surface area contributed by atoms with Crippen LogP contribution in [0.2, 0.25) is 0 Å². The molecule has 0 unspecified atom stereocenters. The lowest BCUT2D eigenvalue weighted by molar-refractivity contribution is 0.103. The number of benzene rings is 1. The topological polar surface area (TPSA) is 87.7 Å². The summed E-state index contributed by atoms with van der Waals surface area (Å²) in [6.45, 7) is 1.87. The predicted octanol–water partition coefficient (Wildman–Crippen LogP) is 3.17. The minimum atomic E-state index is -0.202. The summed E-state index contributed by atoms with van der Waals surface area (Å²) in [6, 6.07) is 7.01. The number of nitrogens with two attached hydrogens (primary N) is 1. The van der Waals surface area contributed by atoms with Gasteiger partial charge in [-0.15, -0.1) is 11.3 Å². The molecule has 0 saturated heterocycles. The largest absolute Gasteiger partial charge is 0.409 e. The highest BCUT2D eigenvalue weighted by atomic mass is 79.9. The fourth-order valence-corrected chi connectivity index (χ4v) is 3.06. The number of carbonyl (C=O) groups is 1. The minimum Gasteiger partial charge on any atom is -0.409 e. The number of oxime groups is 1. The number of hydrogen-bond acceptors (Lipinski definition) is 4. The van der Waals surface area contributed by atoms with Crippen LogP contribution in [0.15, 0.2) is 39.3 Å². The monoisotopic (exact) mass is 353 g/mol. The second-order valence-electron chi connectivity index (χ2n) is 4.07. The lowest BCUT2D eigenvalue weighted by Gasteiger charge is -2.09. The predicted molar refractivity (Wildman–Crippen MR) is 83.7 cm³/mol. The zero-order valence-electron chi connectivity index (χ0n) is 10.6. The molecule has 0 aliphatic heterocycles. The smallest absolute Gasteiger partial charge is 0.266 e. The summed E-state index contributed by atoms with van der Waals surface area (Å²) in [4.78, 5) is 12.8. The van der Waals surface area contributed by atoms with E-state index >= 15 is 0 Å². The first-order valence-corrected chi connectivity index (χ1v) is 7.33. The average molecular weight is 354 g/mol. The van der Waals surface area contributed by atoms with Crippen molar-refractivity contribution in [3.8, 4) is 0 Å². The van der Waals surface area contributed by atoms with Gasteiger partial charge in [-0.1, -0.05) is 17.3 Å². The van der Waals surface area contributed by atoms with Gasteiger partial charge in [0.15, 0.2) is 5.84 Å². The zero-order chi connectivity index (χ0) is 14.7. The van der Waals surface area contributed by atoms with E-state index in [9.17, 15) is 4.79 Å². The Kier molecular flexibility index (Phi) is 4.41. The molecule has 0 bridgehead atoms. The molecule has 0 radical (unpaired) electrons. The highest BCUT2D eigenvalue weighted by Crippen LogP contribution is 2.25. The first-order valence-electron chi connectivity index (χ1n) is 5.66. The molecule has 1 heterocycles. The van der Waals surface area contributed by atoms with E-state index in [1.807, 2.05) is 18.4 Å². The van der Waals surface area contributed by atoms with Crippen LogP contribution in [-0.4, -0.2) is 17.0 Å². The van der Waals surface area contributed by atoms with E-state index in [4.69, 9.17) is 10.9 Å². The van der Waals surface area contributed by atoms with Gasteiger partial charge in [-0.3, -0.25) is 4.79 Å². The maximum absolute atomic E-state index is 12.2. The van der Waals surface area contributed by atoms with Gasteiger partial charge in [0.05, 0.1) is 0 Å². The SMILES string of the molecule is Cc1ccc(C(N)=NO)cc1NC(=O)c1sccc1Br. The normalized spacial score (nSPS) is 11.4. The van der Waals surface area contributed by atoms with Crippen molar-refractivity contribution in [2.45, 2.75) is 6.92 Å². The van der Waals surface area contributed by atoms with Gasteiger partial charge >= 0.3 is 0 Å². The number of hydrogen-bond donors (Lipinski definition) is 3. The minimum absolute atomic E-state index is 0.00203. The molecule has 0 aliphatic rings. The third-order valence-corrected chi connectivity index (χ3v) is 4.55. The van der Waals surface area contributed by atoms with Crippen molar-refractivity contribution < 1.29 is 10.0 Å². The fourth-order valence-electron chi connectivity index (χ4n) is 1.61. The molecule has 20 heavy (non-hydrogen) atoms. The van der Waals surface area contributed by atoms with E-state index < -0.39 is 0 Å². The quantitative estimate of drug-likeness (QED) is 0.342. The van der Waals surface area contributed by atoms with Crippen LogP contribution in [0.25, 0.3) is 0 Å². The van der Waals surface area contributed by atoms with E-state index in [0.717, 1.165) is 10.0 Å². The molecule has 104 valence electrons.